The van der Waals surface area contributed by atoms with Crippen molar-refractivity contribution < 1.29 is 13.6 Å². The van der Waals surface area contributed by atoms with Gasteiger partial charge in [0.15, 0.2) is 22.7 Å². The predicted molar refractivity (Wildman–Crippen MR) is 254 cm³/mol. The maximum absolute atomic E-state index is 7.66. The fourth-order valence-electron chi connectivity index (χ4n) is 12.7. The molecule has 0 bridgehead atoms. The van der Waals surface area contributed by atoms with E-state index in [0.717, 1.165) is 77.3 Å². The number of para-hydroxylation sites is 4. The molecule has 7 aromatic carbocycles. The average Bonchev–Trinajstić information content (AvgIpc) is 4.09. The third-order valence-corrected chi connectivity index (χ3v) is 14.7. The van der Waals surface area contributed by atoms with E-state index in [4.69, 9.17) is 13.6 Å². The van der Waals surface area contributed by atoms with Crippen molar-refractivity contribution in [3.8, 4) is 22.9 Å². The first-order chi connectivity index (χ1) is 30.1. The van der Waals surface area contributed by atoms with Gasteiger partial charge in [-0.15, -0.1) is 0 Å². The van der Waals surface area contributed by atoms with Crippen molar-refractivity contribution in [3.05, 3.63) is 126 Å². The molecular weight excluding hydrogens is 763 g/mol. The second-order valence-corrected chi connectivity index (χ2v) is 20.0. The Balaban J connectivity index is 1.24. The fourth-order valence-corrected chi connectivity index (χ4v) is 12.7. The van der Waals surface area contributed by atoms with E-state index in [2.05, 4.69) is 175 Å². The molecule has 0 saturated carbocycles. The molecule has 16 rings (SSSR count). The number of hydrogen-bond acceptors (Lipinski definition) is 3. The lowest BCUT2D eigenvalue weighted by Crippen LogP contribution is -2.61. The quantitative estimate of drug-likeness (QED) is 0.144. The molecule has 13 aromatic rings. The molecule has 8 heteroatoms. The summed E-state index contributed by atoms with van der Waals surface area (Å²) in [7, 11) is 0. The van der Waals surface area contributed by atoms with Crippen LogP contribution in [-0.2, 0) is 10.8 Å². The lowest BCUT2D eigenvalue weighted by molar-refractivity contribution is 0.476. The standard InChI is InChI=1S/C54H37BN4O3/c1-53(2,3)38-26-16-7-11-20-30(26)56-43-36-28-18-9-13-24-34(28)60-47(36)49-41-45(43)58(51(38)56)32-22-15-23-33-40(32)55(41)42-46-44(37-29-19-10-14-25-35(29)61-48(37)50(42)62-49)57-31-21-12-8-17-27(31)39(54(4,5)6)52(57)59(33)46/h7-25H,1-6H3. The first-order valence-corrected chi connectivity index (χ1v) is 21.8. The summed E-state index contributed by atoms with van der Waals surface area (Å²) in [6.45, 7) is 14.0. The summed E-state index contributed by atoms with van der Waals surface area (Å²) in [6.07, 6.45) is 0. The number of aromatic nitrogens is 4. The Morgan fingerprint density at radius 2 is 0.855 bits per heavy atom. The SMILES string of the molecule is CC(C)(C)c1c2ccccc2n2c3c4c(oc5ccccc54)c4c5c3n(c12)-c1cccc2c1B5c1c(c3oc5ccccc5c3c3c1n-2c1c(C(C)(C)C)c2ccccc2n31)O4. The van der Waals surface area contributed by atoms with Gasteiger partial charge in [0, 0.05) is 55.0 Å². The molecule has 0 N–H and O–H groups in total. The minimum absolute atomic E-state index is 0.159. The van der Waals surface area contributed by atoms with E-state index in [-0.39, 0.29) is 17.5 Å². The van der Waals surface area contributed by atoms with E-state index in [9.17, 15) is 0 Å². The lowest BCUT2D eigenvalue weighted by atomic mass is 9.33. The molecule has 0 fully saturated rings. The molecule has 0 saturated heterocycles. The molecule has 0 atom stereocenters. The zero-order chi connectivity index (χ0) is 41.0. The molecule has 0 unspecified atom stereocenters. The molecule has 62 heavy (non-hydrogen) atoms. The van der Waals surface area contributed by atoms with E-state index in [0.29, 0.717) is 0 Å². The monoisotopic (exact) mass is 800 g/mol. The molecular formula is C54H37BN4O3. The van der Waals surface area contributed by atoms with Gasteiger partial charge in [0.1, 0.15) is 22.5 Å². The number of rotatable bonds is 0. The Bertz CT molecular complexity index is 4060. The van der Waals surface area contributed by atoms with Gasteiger partial charge in [-0.05, 0) is 52.7 Å². The number of fused-ring (bicyclic) bond motifs is 22. The number of ether oxygens (including phenoxy) is 1. The summed E-state index contributed by atoms with van der Waals surface area (Å²) in [5.41, 5.74) is 20.9. The van der Waals surface area contributed by atoms with Gasteiger partial charge in [-0.3, -0.25) is 17.9 Å². The Morgan fingerprint density at radius 1 is 0.435 bits per heavy atom. The predicted octanol–water partition coefficient (Wildman–Crippen LogP) is 12.0. The molecule has 9 heterocycles. The summed E-state index contributed by atoms with van der Waals surface area (Å²) in [4.78, 5) is 0. The van der Waals surface area contributed by atoms with Gasteiger partial charge in [-0.2, -0.15) is 0 Å². The average molecular weight is 801 g/mol. The summed E-state index contributed by atoms with van der Waals surface area (Å²) in [5, 5.41) is 6.83. The van der Waals surface area contributed by atoms with Crippen LogP contribution in [0, 0.1) is 0 Å². The van der Waals surface area contributed by atoms with Crippen LogP contribution in [0.5, 0.6) is 11.5 Å². The minimum Gasteiger partial charge on any atom is -0.452 e. The normalized spacial score (nSPS) is 14.4. The number of imidazole rings is 2. The maximum atomic E-state index is 7.66. The van der Waals surface area contributed by atoms with Gasteiger partial charge >= 0.3 is 0 Å². The second kappa shape index (κ2) is 9.90. The molecule has 3 aliphatic heterocycles. The Hall–Kier alpha value is -7.32. The largest absolute Gasteiger partial charge is 0.452 e. The van der Waals surface area contributed by atoms with Crippen molar-refractivity contribution >= 4 is 122 Å². The van der Waals surface area contributed by atoms with E-state index in [1.54, 1.807) is 0 Å². The molecule has 3 aliphatic rings. The van der Waals surface area contributed by atoms with Crippen LogP contribution >= 0.6 is 0 Å². The molecule has 0 amide bonds. The maximum Gasteiger partial charge on any atom is 0.262 e. The Labute approximate surface area is 354 Å². The second-order valence-electron chi connectivity index (χ2n) is 20.0. The molecule has 0 spiro atoms. The molecule has 0 radical (unpaired) electrons. The third kappa shape index (κ3) is 3.29. The number of nitrogens with zero attached hydrogens (tertiary/aromatic N) is 4. The highest BCUT2D eigenvalue weighted by atomic mass is 16.5. The minimum atomic E-state index is -0.179. The smallest absolute Gasteiger partial charge is 0.262 e. The van der Waals surface area contributed by atoms with Crippen LogP contribution in [0.25, 0.3) is 110 Å². The molecule has 6 aromatic heterocycles. The topological polar surface area (TPSA) is 54.2 Å². The lowest BCUT2D eigenvalue weighted by Gasteiger charge is -2.37. The van der Waals surface area contributed by atoms with Crippen molar-refractivity contribution in [1.29, 1.82) is 0 Å². The molecule has 0 aliphatic carbocycles. The van der Waals surface area contributed by atoms with E-state index in [1.165, 1.54) is 72.1 Å². The summed E-state index contributed by atoms with van der Waals surface area (Å²) < 4.78 is 32.2. The zero-order valence-corrected chi connectivity index (χ0v) is 35.1. The van der Waals surface area contributed by atoms with Gasteiger partial charge in [-0.25, -0.2) is 0 Å². The van der Waals surface area contributed by atoms with Gasteiger partial charge in [-0.1, -0.05) is 120 Å². The van der Waals surface area contributed by atoms with Gasteiger partial charge in [0.2, 0.25) is 0 Å². The molecule has 7 nitrogen and oxygen atoms in total. The van der Waals surface area contributed by atoms with Crippen molar-refractivity contribution in [2.24, 2.45) is 0 Å². The highest BCUT2D eigenvalue weighted by Gasteiger charge is 2.51. The van der Waals surface area contributed by atoms with Crippen LogP contribution in [-0.4, -0.2) is 24.6 Å². The van der Waals surface area contributed by atoms with Crippen LogP contribution in [0.3, 0.4) is 0 Å². The van der Waals surface area contributed by atoms with Crippen LogP contribution in [0.1, 0.15) is 52.7 Å². The number of hydrogen-bond donors (Lipinski definition) is 0. The van der Waals surface area contributed by atoms with Crippen LogP contribution in [0.15, 0.2) is 124 Å². The Morgan fingerprint density at radius 3 is 1.31 bits per heavy atom. The first kappa shape index (κ1) is 32.5. The Kier molecular flexibility index (Phi) is 5.18. The van der Waals surface area contributed by atoms with E-state index in [1.807, 2.05) is 0 Å². The number of furan rings is 2. The zero-order valence-electron chi connectivity index (χ0n) is 35.1. The highest BCUT2D eigenvalue weighted by molar-refractivity contribution is 7.02. The van der Waals surface area contributed by atoms with Gasteiger partial charge in [0.25, 0.3) is 6.71 Å². The van der Waals surface area contributed by atoms with Crippen molar-refractivity contribution in [2.75, 3.05) is 0 Å². The number of benzene rings is 7. The van der Waals surface area contributed by atoms with E-state index >= 15 is 0 Å². The first-order valence-electron chi connectivity index (χ1n) is 21.8. The molecule has 294 valence electrons. The highest BCUT2D eigenvalue weighted by Crippen LogP contribution is 2.53. The van der Waals surface area contributed by atoms with Crippen LogP contribution < -0.4 is 21.1 Å². The van der Waals surface area contributed by atoms with Gasteiger partial charge < -0.3 is 13.6 Å². The van der Waals surface area contributed by atoms with Gasteiger partial charge in [0.05, 0.1) is 43.9 Å². The fraction of sp³-hybridized carbons (Fsp3) is 0.148. The van der Waals surface area contributed by atoms with Crippen molar-refractivity contribution in [2.45, 2.75) is 52.4 Å². The summed E-state index contributed by atoms with van der Waals surface area (Å²) in [6, 6.07) is 41.9. The van der Waals surface area contributed by atoms with Crippen LogP contribution in [0.4, 0.5) is 0 Å². The van der Waals surface area contributed by atoms with E-state index < -0.39 is 0 Å². The third-order valence-electron chi connectivity index (χ3n) is 14.7. The van der Waals surface area contributed by atoms with Crippen molar-refractivity contribution in [1.82, 2.24) is 17.9 Å². The summed E-state index contributed by atoms with van der Waals surface area (Å²) >= 11 is 0. The van der Waals surface area contributed by atoms with Crippen LogP contribution in [0.2, 0.25) is 0 Å². The summed E-state index contributed by atoms with van der Waals surface area (Å²) in [5.74, 6) is 1.55. The van der Waals surface area contributed by atoms with Crippen molar-refractivity contribution in [3.63, 3.8) is 0 Å².